The van der Waals surface area contributed by atoms with Gasteiger partial charge in [0.2, 0.25) is 11.8 Å². The molecular weight excluding hydrogens is 471 g/mol. The molecule has 1 fully saturated rings. The number of rotatable bonds is 5. The van der Waals surface area contributed by atoms with Crippen molar-refractivity contribution in [2.75, 3.05) is 26.2 Å². The number of aliphatic imine (C=N–C) groups is 1. The molecule has 3 aliphatic rings. The second-order valence-electron chi connectivity index (χ2n) is 8.97. The summed E-state index contributed by atoms with van der Waals surface area (Å²) >= 11 is 1.37. The molecule has 0 aromatic heterocycles. The van der Waals surface area contributed by atoms with Crippen molar-refractivity contribution in [2.45, 2.75) is 46.3 Å². The van der Waals surface area contributed by atoms with E-state index in [0.717, 1.165) is 0 Å². The van der Waals surface area contributed by atoms with Crippen molar-refractivity contribution in [2.24, 2.45) is 4.99 Å². The Balaban J connectivity index is 1.62. The maximum absolute atomic E-state index is 14.3. The Morgan fingerprint density at radius 3 is 2.49 bits per heavy atom. The van der Waals surface area contributed by atoms with Crippen LogP contribution in [-0.2, 0) is 19.1 Å². The molecule has 1 aromatic carbocycles. The number of halogens is 1. The Morgan fingerprint density at radius 2 is 1.86 bits per heavy atom. The Kier molecular flexibility index (Phi) is 7.30. The molecule has 0 saturated carbocycles. The van der Waals surface area contributed by atoms with Gasteiger partial charge < -0.3 is 19.4 Å². The fraction of sp³-hybridized carbons (Fsp3) is 0.440. The van der Waals surface area contributed by atoms with Crippen LogP contribution in [-0.4, -0.2) is 69.9 Å². The van der Waals surface area contributed by atoms with Crippen LogP contribution >= 0.6 is 11.8 Å². The van der Waals surface area contributed by atoms with Crippen molar-refractivity contribution >= 4 is 34.7 Å². The average molecular weight is 501 g/mol. The predicted molar refractivity (Wildman–Crippen MR) is 131 cm³/mol. The van der Waals surface area contributed by atoms with Gasteiger partial charge in [-0.15, -0.1) is 0 Å². The maximum atomic E-state index is 14.3. The van der Waals surface area contributed by atoms with E-state index in [9.17, 15) is 18.8 Å². The van der Waals surface area contributed by atoms with Gasteiger partial charge in [-0.3, -0.25) is 9.59 Å². The van der Waals surface area contributed by atoms with E-state index >= 15 is 0 Å². The number of benzene rings is 1. The van der Waals surface area contributed by atoms with Gasteiger partial charge in [0, 0.05) is 38.8 Å². The molecule has 1 aromatic rings. The molecule has 4 rings (SSSR count). The quantitative estimate of drug-likeness (QED) is 0.576. The summed E-state index contributed by atoms with van der Waals surface area (Å²) in [5.74, 6) is -1.01. The standard InChI is InChI=1S/C25H29FN4O4S/c1-15(2)34-24(33)22-16(3)27-25-30(23(22)18-6-5-7-19(26)12-18)20(14-35-25)13-21(32)29-10-8-28(9-11-29)17(4)31/h5-7,12,14-15,23H,8-11,13H2,1-4H3/t23-/m0/s1. The number of piperazine rings is 1. The van der Waals surface area contributed by atoms with Crippen molar-refractivity contribution in [1.82, 2.24) is 14.7 Å². The van der Waals surface area contributed by atoms with Gasteiger partial charge in [0.1, 0.15) is 5.82 Å². The molecule has 0 aliphatic carbocycles. The second kappa shape index (κ2) is 10.2. The Labute approximate surface area is 208 Å². The van der Waals surface area contributed by atoms with Crippen LogP contribution in [0.25, 0.3) is 0 Å². The van der Waals surface area contributed by atoms with Crippen LogP contribution in [0.3, 0.4) is 0 Å². The van der Waals surface area contributed by atoms with Gasteiger partial charge in [-0.25, -0.2) is 14.2 Å². The minimum Gasteiger partial charge on any atom is -0.459 e. The highest BCUT2D eigenvalue weighted by molar-refractivity contribution is 8.16. The lowest BCUT2D eigenvalue weighted by atomic mass is 9.93. The summed E-state index contributed by atoms with van der Waals surface area (Å²) in [7, 11) is 0. The van der Waals surface area contributed by atoms with E-state index in [0.29, 0.717) is 53.9 Å². The number of amides is 2. The van der Waals surface area contributed by atoms with Crippen molar-refractivity contribution in [3.8, 4) is 0 Å². The van der Waals surface area contributed by atoms with Crippen LogP contribution in [0.5, 0.6) is 0 Å². The number of esters is 1. The largest absolute Gasteiger partial charge is 0.459 e. The number of amidine groups is 1. The minimum absolute atomic E-state index is 0.00192. The molecule has 10 heteroatoms. The van der Waals surface area contributed by atoms with Gasteiger partial charge in [-0.05, 0) is 43.9 Å². The second-order valence-corrected chi connectivity index (χ2v) is 9.80. The monoisotopic (exact) mass is 500 g/mol. The van der Waals surface area contributed by atoms with Crippen LogP contribution in [0, 0.1) is 5.82 Å². The molecule has 0 spiro atoms. The summed E-state index contributed by atoms with van der Waals surface area (Å²) in [4.78, 5) is 47.8. The highest BCUT2D eigenvalue weighted by Gasteiger charge is 2.41. The number of nitrogens with zero attached hydrogens (tertiary/aromatic N) is 4. The first kappa shape index (κ1) is 25.0. The van der Waals surface area contributed by atoms with Crippen LogP contribution in [0.4, 0.5) is 4.39 Å². The topological polar surface area (TPSA) is 82.5 Å². The fourth-order valence-electron chi connectivity index (χ4n) is 4.44. The Morgan fingerprint density at radius 1 is 1.17 bits per heavy atom. The van der Waals surface area contributed by atoms with Crippen molar-refractivity contribution in [3.63, 3.8) is 0 Å². The molecule has 186 valence electrons. The molecule has 2 amide bonds. The number of thioether (sulfide) groups is 1. The summed E-state index contributed by atoms with van der Waals surface area (Å²) in [5, 5.41) is 2.49. The van der Waals surface area contributed by atoms with E-state index < -0.39 is 17.8 Å². The van der Waals surface area contributed by atoms with Crippen molar-refractivity contribution in [3.05, 3.63) is 58.0 Å². The lowest BCUT2D eigenvalue weighted by Crippen LogP contribution is -2.50. The van der Waals surface area contributed by atoms with Gasteiger partial charge in [0.15, 0.2) is 5.17 Å². The first-order chi connectivity index (χ1) is 16.7. The van der Waals surface area contributed by atoms with E-state index in [4.69, 9.17) is 4.74 Å². The third-order valence-corrected chi connectivity index (χ3v) is 7.03. The molecule has 0 unspecified atom stereocenters. The normalized spacial score (nSPS) is 20.1. The number of carbonyl (C=O) groups is 3. The highest BCUT2D eigenvalue weighted by atomic mass is 32.2. The van der Waals surface area contributed by atoms with E-state index in [-0.39, 0.29) is 24.3 Å². The van der Waals surface area contributed by atoms with Gasteiger partial charge in [0.05, 0.1) is 29.8 Å². The van der Waals surface area contributed by atoms with Crippen LogP contribution in [0.1, 0.15) is 45.7 Å². The van der Waals surface area contributed by atoms with Crippen molar-refractivity contribution < 1.29 is 23.5 Å². The zero-order valence-electron chi connectivity index (χ0n) is 20.3. The molecular formula is C25H29FN4O4S. The average Bonchev–Trinajstić information content (AvgIpc) is 3.19. The van der Waals surface area contributed by atoms with Gasteiger partial charge in [0.25, 0.3) is 0 Å². The molecule has 0 radical (unpaired) electrons. The first-order valence-corrected chi connectivity index (χ1v) is 12.5. The summed E-state index contributed by atoms with van der Waals surface area (Å²) in [6.07, 6.45) is -0.233. The summed E-state index contributed by atoms with van der Waals surface area (Å²) in [6, 6.07) is 5.43. The summed E-state index contributed by atoms with van der Waals surface area (Å²) < 4.78 is 19.8. The smallest absolute Gasteiger partial charge is 0.338 e. The molecule has 8 nitrogen and oxygen atoms in total. The van der Waals surface area contributed by atoms with Crippen LogP contribution in [0.15, 0.2) is 51.6 Å². The Bertz CT molecular complexity index is 1140. The van der Waals surface area contributed by atoms with E-state index in [1.165, 1.54) is 30.8 Å². The number of hydrogen-bond donors (Lipinski definition) is 0. The summed E-state index contributed by atoms with van der Waals surface area (Å²) in [5.41, 5.74) is 2.08. The lowest BCUT2D eigenvalue weighted by molar-refractivity contribution is -0.143. The van der Waals surface area contributed by atoms with Gasteiger partial charge in [-0.1, -0.05) is 23.9 Å². The molecule has 0 N–H and O–H groups in total. The SMILES string of the molecule is CC(=O)N1CCN(C(=O)CC2=CSC3=NC(C)=C(C(=O)OC(C)C)[C@H](c4cccc(F)c4)N23)CC1. The van der Waals surface area contributed by atoms with Crippen LogP contribution < -0.4 is 0 Å². The van der Waals surface area contributed by atoms with E-state index in [1.807, 2.05) is 10.3 Å². The number of fused-ring (bicyclic) bond motifs is 1. The zero-order chi connectivity index (χ0) is 25.3. The lowest BCUT2D eigenvalue weighted by Gasteiger charge is -2.38. The molecule has 3 heterocycles. The molecule has 1 saturated heterocycles. The first-order valence-electron chi connectivity index (χ1n) is 11.6. The molecule has 3 aliphatic heterocycles. The third kappa shape index (κ3) is 5.27. The van der Waals surface area contributed by atoms with Gasteiger partial charge in [-0.2, -0.15) is 0 Å². The third-order valence-electron chi connectivity index (χ3n) is 6.14. The maximum Gasteiger partial charge on any atom is 0.338 e. The zero-order valence-corrected chi connectivity index (χ0v) is 21.1. The number of hydrogen-bond acceptors (Lipinski definition) is 7. The van der Waals surface area contributed by atoms with E-state index in [1.54, 1.807) is 42.7 Å². The van der Waals surface area contributed by atoms with E-state index in [2.05, 4.69) is 4.99 Å². The fourth-order valence-corrected chi connectivity index (χ4v) is 5.40. The molecule has 35 heavy (non-hydrogen) atoms. The van der Waals surface area contributed by atoms with Crippen molar-refractivity contribution in [1.29, 1.82) is 0 Å². The van der Waals surface area contributed by atoms with Crippen LogP contribution in [0.2, 0.25) is 0 Å². The number of carbonyl (C=O) groups excluding carboxylic acids is 3. The molecule has 0 bridgehead atoms. The van der Waals surface area contributed by atoms with Gasteiger partial charge >= 0.3 is 5.97 Å². The highest BCUT2D eigenvalue weighted by Crippen LogP contribution is 2.45. The minimum atomic E-state index is -0.673. The molecule has 1 atom stereocenters. The predicted octanol–water partition coefficient (Wildman–Crippen LogP) is 3.43. The Hall–Kier alpha value is -3.14. The number of allylic oxidation sites excluding steroid dienone is 1. The summed E-state index contributed by atoms with van der Waals surface area (Å²) in [6.45, 7) is 8.75. The number of ether oxygens (including phenoxy) is 1.